The van der Waals surface area contributed by atoms with E-state index in [4.69, 9.17) is 0 Å². The minimum absolute atomic E-state index is 0.103. The third-order valence-electron chi connectivity index (χ3n) is 7.10. The Labute approximate surface area is 216 Å². The number of amides is 1. The lowest BCUT2D eigenvalue weighted by molar-refractivity contribution is -0.120. The Morgan fingerprint density at radius 1 is 1.03 bits per heavy atom. The smallest absolute Gasteiger partial charge is 0.217 e. The van der Waals surface area contributed by atoms with E-state index >= 15 is 0 Å². The molecule has 1 saturated carbocycles. The first kappa shape index (κ1) is 26.8. The van der Waals surface area contributed by atoms with E-state index in [1.54, 1.807) is 0 Å². The molecule has 1 amide bonds. The van der Waals surface area contributed by atoms with Gasteiger partial charge in [0.15, 0.2) is 0 Å². The summed E-state index contributed by atoms with van der Waals surface area (Å²) in [5.74, 6) is -1.70. The molecule has 1 aliphatic carbocycles. The Balaban J connectivity index is 1.55. The van der Waals surface area contributed by atoms with Crippen molar-refractivity contribution in [3.8, 4) is 11.3 Å². The third kappa shape index (κ3) is 6.96. The molecule has 1 fully saturated rings. The third-order valence-corrected chi connectivity index (χ3v) is 7.10. The number of aliphatic hydroxyl groups excluding tert-OH is 1. The van der Waals surface area contributed by atoms with Gasteiger partial charge in [0, 0.05) is 30.6 Å². The summed E-state index contributed by atoms with van der Waals surface area (Å²) in [5.41, 5.74) is 3.76. The fraction of sp³-hybridized carbons (Fsp3) is 0.414. The molecule has 2 unspecified atom stereocenters. The highest BCUT2D eigenvalue weighted by Crippen LogP contribution is 2.38. The predicted molar refractivity (Wildman–Crippen MR) is 139 cm³/mol. The van der Waals surface area contributed by atoms with Crippen LogP contribution in [-0.2, 0) is 16.8 Å². The van der Waals surface area contributed by atoms with Gasteiger partial charge in [-0.25, -0.2) is 8.78 Å². The Morgan fingerprint density at radius 3 is 2.41 bits per heavy atom. The summed E-state index contributed by atoms with van der Waals surface area (Å²) in [5, 5.41) is 26.0. The highest BCUT2D eigenvalue weighted by molar-refractivity contribution is 5.73. The maximum Gasteiger partial charge on any atom is 0.217 e. The zero-order valence-corrected chi connectivity index (χ0v) is 21.3. The molecule has 0 radical (unpaired) electrons. The van der Waals surface area contributed by atoms with Crippen LogP contribution >= 0.6 is 0 Å². The SMILES string of the molecule is CC(=O)NC(Cc1cc(F)cc(F)c1)C(O)CNC1(c2cccc(-c3ccc(C)nn3)c2)CCCCC1. The van der Waals surface area contributed by atoms with Crippen molar-refractivity contribution in [2.45, 2.75) is 70.1 Å². The van der Waals surface area contributed by atoms with E-state index in [1.165, 1.54) is 19.1 Å². The highest BCUT2D eigenvalue weighted by atomic mass is 19.1. The number of halogens is 2. The van der Waals surface area contributed by atoms with Gasteiger partial charge in [-0.15, -0.1) is 0 Å². The van der Waals surface area contributed by atoms with Gasteiger partial charge in [-0.1, -0.05) is 37.5 Å². The molecule has 0 saturated heterocycles. The molecule has 1 aliphatic rings. The van der Waals surface area contributed by atoms with Gasteiger partial charge in [-0.3, -0.25) is 4.79 Å². The van der Waals surface area contributed by atoms with Crippen LogP contribution in [0, 0.1) is 18.6 Å². The second-order valence-corrected chi connectivity index (χ2v) is 10.0. The van der Waals surface area contributed by atoms with Crippen molar-refractivity contribution in [1.29, 1.82) is 0 Å². The minimum atomic E-state index is -0.972. The number of rotatable bonds is 9. The molecule has 37 heavy (non-hydrogen) atoms. The molecule has 0 bridgehead atoms. The van der Waals surface area contributed by atoms with Gasteiger partial charge < -0.3 is 15.7 Å². The fourth-order valence-corrected chi connectivity index (χ4v) is 5.22. The van der Waals surface area contributed by atoms with E-state index in [-0.39, 0.29) is 24.4 Å². The standard InChI is InChI=1S/C29H34F2N4O2/c1-19-9-10-26(35-34-19)22-7-6-8-23(16-22)29(11-4-3-5-12-29)32-18-28(37)27(33-20(2)36)15-21-13-24(30)17-25(31)14-21/h6-10,13-14,16-17,27-28,32,37H,3-5,11-12,15,18H2,1-2H3,(H,33,36). The van der Waals surface area contributed by atoms with Gasteiger partial charge in [0.05, 0.1) is 23.5 Å². The summed E-state index contributed by atoms with van der Waals surface area (Å²) in [6, 6.07) is 14.7. The number of carbonyl (C=O) groups is 1. The summed E-state index contributed by atoms with van der Waals surface area (Å²) >= 11 is 0. The molecular formula is C29H34F2N4O2. The Bertz CT molecular complexity index is 1190. The molecule has 3 N–H and O–H groups in total. The zero-order chi connectivity index (χ0) is 26.4. The lowest BCUT2D eigenvalue weighted by Crippen LogP contribution is -2.53. The van der Waals surface area contributed by atoms with Gasteiger partial charge in [0.1, 0.15) is 11.6 Å². The fourth-order valence-electron chi connectivity index (χ4n) is 5.22. The number of aromatic nitrogens is 2. The van der Waals surface area contributed by atoms with E-state index < -0.39 is 23.8 Å². The lowest BCUT2D eigenvalue weighted by Gasteiger charge is -2.40. The van der Waals surface area contributed by atoms with Crippen molar-refractivity contribution < 1.29 is 18.7 Å². The summed E-state index contributed by atoms with van der Waals surface area (Å²) in [4.78, 5) is 11.9. The molecule has 196 valence electrons. The number of hydrogen-bond donors (Lipinski definition) is 3. The lowest BCUT2D eigenvalue weighted by atomic mass is 9.76. The highest BCUT2D eigenvalue weighted by Gasteiger charge is 2.35. The Kier molecular flexibility index (Phi) is 8.61. The van der Waals surface area contributed by atoms with Crippen LogP contribution in [0.4, 0.5) is 8.78 Å². The van der Waals surface area contributed by atoms with Crippen LogP contribution in [-0.4, -0.2) is 39.9 Å². The normalized spacial score (nSPS) is 16.7. The second-order valence-electron chi connectivity index (χ2n) is 10.0. The molecule has 8 heteroatoms. The zero-order valence-electron chi connectivity index (χ0n) is 21.3. The second kappa shape index (κ2) is 11.9. The minimum Gasteiger partial charge on any atom is -0.390 e. The molecular weight excluding hydrogens is 474 g/mol. The molecule has 2 aromatic carbocycles. The number of carbonyl (C=O) groups excluding carboxylic acids is 1. The number of hydrogen-bond acceptors (Lipinski definition) is 5. The largest absolute Gasteiger partial charge is 0.390 e. The summed E-state index contributed by atoms with van der Waals surface area (Å²) in [6.45, 7) is 3.47. The molecule has 6 nitrogen and oxygen atoms in total. The molecule has 1 aromatic heterocycles. The number of benzene rings is 2. The monoisotopic (exact) mass is 508 g/mol. The average Bonchev–Trinajstić information content (AvgIpc) is 2.87. The van der Waals surface area contributed by atoms with Crippen molar-refractivity contribution in [2.24, 2.45) is 0 Å². The van der Waals surface area contributed by atoms with Gasteiger partial charge >= 0.3 is 0 Å². The van der Waals surface area contributed by atoms with E-state index in [1.807, 2.05) is 31.2 Å². The number of aryl methyl sites for hydroxylation is 1. The topological polar surface area (TPSA) is 87.1 Å². The summed E-state index contributed by atoms with van der Waals surface area (Å²) < 4.78 is 27.5. The summed E-state index contributed by atoms with van der Waals surface area (Å²) in [6.07, 6.45) is 4.19. The maximum absolute atomic E-state index is 13.7. The number of aliphatic hydroxyl groups is 1. The van der Waals surface area contributed by atoms with Crippen LogP contribution in [0.1, 0.15) is 55.8 Å². The van der Waals surface area contributed by atoms with E-state index in [2.05, 4.69) is 33.0 Å². The van der Waals surface area contributed by atoms with E-state index in [9.17, 15) is 18.7 Å². The Hall–Kier alpha value is -3.23. The van der Waals surface area contributed by atoms with Crippen molar-refractivity contribution in [1.82, 2.24) is 20.8 Å². The van der Waals surface area contributed by atoms with Crippen LogP contribution < -0.4 is 10.6 Å². The van der Waals surface area contributed by atoms with Crippen molar-refractivity contribution in [3.05, 3.63) is 83.1 Å². The van der Waals surface area contributed by atoms with Crippen LogP contribution in [0.15, 0.2) is 54.6 Å². The molecule has 1 heterocycles. The molecule has 2 atom stereocenters. The van der Waals surface area contributed by atoms with Gasteiger partial charge in [-0.05, 0) is 67.6 Å². The van der Waals surface area contributed by atoms with Crippen molar-refractivity contribution in [3.63, 3.8) is 0 Å². The molecule has 3 aromatic rings. The quantitative estimate of drug-likeness (QED) is 0.394. The summed E-state index contributed by atoms with van der Waals surface area (Å²) in [7, 11) is 0. The van der Waals surface area contributed by atoms with Crippen LogP contribution in [0.3, 0.4) is 0 Å². The maximum atomic E-state index is 13.7. The van der Waals surface area contributed by atoms with E-state index in [0.717, 1.165) is 60.7 Å². The van der Waals surface area contributed by atoms with Crippen molar-refractivity contribution >= 4 is 5.91 Å². The first-order valence-electron chi connectivity index (χ1n) is 12.8. The van der Waals surface area contributed by atoms with Crippen LogP contribution in [0.2, 0.25) is 0 Å². The average molecular weight is 509 g/mol. The molecule has 0 spiro atoms. The van der Waals surface area contributed by atoms with Crippen LogP contribution in [0.25, 0.3) is 11.3 Å². The van der Waals surface area contributed by atoms with Crippen LogP contribution in [0.5, 0.6) is 0 Å². The molecule has 4 rings (SSSR count). The predicted octanol–water partition coefficient (Wildman–Crippen LogP) is 4.59. The first-order valence-corrected chi connectivity index (χ1v) is 12.8. The van der Waals surface area contributed by atoms with Gasteiger partial charge in [0.2, 0.25) is 5.91 Å². The van der Waals surface area contributed by atoms with Crippen molar-refractivity contribution in [2.75, 3.05) is 6.54 Å². The number of nitrogens with one attached hydrogen (secondary N) is 2. The van der Waals surface area contributed by atoms with E-state index in [0.29, 0.717) is 5.56 Å². The van der Waals surface area contributed by atoms with Gasteiger partial charge in [-0.2, -0.15) is 10.2 Å². The molecule has 0 aliphatic heterocycles. The van der Waals surface area contributed by atoms with Gasteiger partial charge in [0.25, 0.3) is 0 Å². The first-order chi connectivity index (χ1) is 17.7. The Morgan fingerprint density at radius 2 is 1.76 bits per heavy atom. The number of nitrogens with zero attached hydrogens (tertiary/aromatic N) is 2.